The molecule has 0 radical (unpaired) electrons. The first-order valence-electron chi connectivity index (χ1n) is 6.33. The monoisotopic (exact) mass is 222 g/mol. The van der Waals surface area contributed by atoms with Crippen molar-refractivity contribution in [3.05, 3.63) is 11.7 Å². The second kappa shape index (κ2) is 4.17. The predicted molar refractivity (Wildman–Crippen MR) is 57.9 cm³/mol. The smallest absolute Gasteiger partial charge is 0.229 e. The molecule has 1 aromatic rings. The fraction of sp³-hybridized carbons (Fsp3) is 0.833. The Morgan fingerprint density at radius 2 is 2.00 bits per heavy atom. The Morgan fingerprint density at radius 1 is 1.25 bits per heavy atom. The van der Waals surface area contributed by atoms with Crippen LogP contribution in [0.5, 0.6) is 0 Å². The fourth-order valence-corrected chi connectivity index (χ4v) is 2.55. The molecule has 1 N–H and O–H groups in total. The van der Waals surface area contributed by atoms with Crippen LogP contribution in [0.4, 0.5) is 0 Å². The summed E-state index contributed by atoms with van der Waals surface area (Å²) in [6.07, 6.45) is 7.39. The maximum Gasteiger partial charge on any atom is 0.229 e. The molecule has 2 saturated carbocycles. The van der Waals surface area contributed by atoms with Crippen molar-refractivity contribution < 1.29 is 9.63 Å². The summed E-state index contributed by atoms with van der Waals surface area (Å²) in [7, 11) is 0. The molecule has 2 aliphatic carbocycles. The van der Waals surface area contributed by atoms with E-state index in [2.05, 4.69) is 10.1 Å². The number of hydrogen-bond donors (Lipinski definition) is 1. The van der Waals surface area contributed by atoms with Crippen LogP contribution in [0.15, 0.2) is 4.52 Å². The van der Waals surface area contributed by atoms with Crippen LogP contribution in [0.2, 0.25) is 0 Å². The highest BCUT2D eigenvalue weighted by Crippen LogP contribution is 2.38. The van der Waals surface area contributed by atoms with Crippen LogP contribution in [0.1, 0.15) is 56.2 Å². The molecule has 4 heteroatoms. The third-order valence-electron chi connectivity index (χ3n) is 3.75. The molecule has 2 aliphatic rings. The Kier molecular flexibility index (Phi) is 2.67. The predicted octanol–water partition coefficient (Wildman–Crippen LogP) is 2.04. The van der Waals surface area contributed by atoms with Crippen LogP contribution >= 0.6 is 0 Å². The Morgan fingerprint density at radius 3 is 2.69 bits per heavy atom. The van der Waals surface area contributed by atoms with Gasteiger partial charge in [-0.2, -0.15) is 4.98 Å². The van der Waals surface area contributed by atoms with E-state index in [0.29, 0.717) is 24.1 Å². The fourth-order valence-electron chi connectivity index (χ4n) is 2.55. The van der Waals surface area contributed by atoms with E-state index >= 15 is 0 Å². The molecule has 0 amide bonds. The van der Waals surface area contributed by atoms with Gasteiger partial charge < -0.3 is 9.63 Å². The summed E-state index contributed by atoms with van der Waals surface area (Å²) in [6.45, 7) is 0. The summed E-state index contributed by atoms with van der Waals surface area (Å²) in [5.41, 5.74) is 0. The van der Waals surface area contributed by atoms with Gasteiger partial charge in [-0.05, 0) is 31.6 Å². The zero-order valence-corrected chi connectivity index (χ0v) is 9.43. The number of aliphatic hydroxyl groups is 1. The lowest BCUT2D eigenvalue weighted by atomic mass is 9.98. The van der Waals surface area contributed by atoms with E-state index in [-0.39, 0.29) is 6.10 Å². The van der Waals surface area contributed by atoms with Gasteiger partial charge >= 0.3 is 0 Å². The van der Waals surface area contributed by atoms with Crippen molar-refractivity contribution in [2.75, 3.05) is 0 Å². The number of hydrogen-bond acceptors (Lipinski definition) is 4. The topological polar surface area (TPSA) is 59.2 Å². The molecule has 88 valence electrons. The summed E-state index contributed by atoms with van der Waals surface area (Å²) in [5.74, 6) is 2.42. The summed E-state index contributed by atoms with van der Waals surface area (Å²) >= 11 is 0. The zero-order valence-electron chi connectivity index (χ0n) is 9.43. The average Bonchev–Trinajstić information content (AvgIpc) is 2.82. The van der Waals surface area contributed by atoms with Crippen molar-refractivity contribution in [1.82, 2.24) is 10.1 Å². The summed E-state index contributed by atoms with van der Waals surface area (Å²) in [5, 5.41) is 14.0. The van der Waals surface area contributed by atoms with Gasteiger partial charge in [0.15, 0.2) is 5.82 Å². The number of aliphatic hydroxyl groups excluding tert-OH is 1. The van der Waals surface area contributed by atoms with Crippen LogP contribution in [0, 0.1) is 5.92 Å². The molecular weight excluding hydrogens is 204 g/mol. The molecule has 0 spiro atoms. The van der Waals surface area contributed by atoms with Crippen LogP contribution in [0.25, 0.3) is 0 Å². The highest BCUT2D eigenvalue weighted by atomic mass is 16.5. The minimum absolute atomic E-state index is 0.296. The maximum atomic E-state index is 10.0. The second-order valence-electron chi connectivity index (χ2n) is 5.14. The van der Waals surface area contributed by atoms with Crippen molar-refractivity contribution in [3.8, 4) is 0 Å². The average molecular weight is 222 g/mol. The molecule has 4 nitrogen and oxygen atoms in total. The summed E-state index contributed by atoms with van der Waals surface area (Å²) in [6, 6.07) is 0. The van der Waals surface area contributed by atoms with Gasteiger partial charge in [-0.15, -0.1) is 0 Å². The van der Waals surface area contributed by atoms with Gasteiger partial charge in [-0.3, -0.25) is 0 Å². The molecule has 1 atom stereocenters. The number of aromatic nitrogens is 2. The maximum absolute atomic E-state index is 10.0. The van der Waals surface area contributed by atoms with E-state index in [1.54, 1.807) is 0 Å². The first kappa shape index (κ1) is 10.3. The van der Waals surface area contributed by atoms with Crippen molar-refractivity contribution in [2.24, 2.45) is 5.92 Å². The van der Waals surface area contributed by atoms with E-state index in [0.717, 1.165) is 18.7 Å². The molecule has 1 unspecified atom stereocenters. The first-order chi connectivity index (χ1) is 7.83. The molecule has 16 heavy (non-hydrogen) atoms. The third-order valence-corrected chi connectivity index (χ3v) is 3.75. The minimum Gasteiger partial charge on any atom is -0.392 e. The molecule has 0 aliphatic heterocycles. The molecule has 0 aromatic carbocycles. The normalized spacial score (nSPS) is 23.8. The van der Waals surface area contributed by atoms with Gasteiger partial charge in [-0.1, -0.05) is 18.0 Å². The van der Waals surface area contributed by atoms with Gasteiger partial charge in [0.05, 0.1) is 12.5 Å². The van der Waals surface area contributed by atoms with E-state index in [4.69, 9.17) is 4.52 Å². The summed E-state index contributed by atoms with van der Waals surface area (Å²) in [4.78, 5) is 4.35. The molecule has 0 bridgehead atoms. The lowest BCUT2D eigenvalue weighted by molar-refractivity contribution is 0.102. The van der Waals surface area contributed by atoms with Crippen LogP contribution in [-0.4, -0.2) is 21.4 Å². The standard InChI is InChI=1S/C12H18N2O2/c15-10(8-3-1-2-4-8)7-11-13-12(14-16-11)9-5-6-9/h8-10,15H,1-7H2. The van der Waals surface area contributed by atoms with E-state index in [1.165, 1.54) is 25.7 Å². The van der Waals surface area contributed by atoms with Gasteiger partial charge in [0.25, 0.3) is 0 Å². The van der Waals surface area contributed by atoms with E-state index in [9.17, 15) is 5.11 Å². The largest absolute Gasteiger partial charge is 0.392 e. The van der Waals surface area contributed by atoms with Crippen molar-refractivity contribution >= 4 is 0 Å². The molecular formula is C12H18N2O2. The van der Waals surface area contributed by atoms with Crippen LogP contribution in [0.3, 0.4) is 0 Å². The van der Waals surface area contributed by atoms with Gasteiger partial charge in [0, 0.05) is 5.92 Å². The number of rotatable bonds is 4. The lowest BCUT2D eigenvalue weighted by Gasteiger charge is -2.14. The Hall–Kier alpha value is -0.900. The Balaban J connectivity index is 1.59. The van der Waals surface area contributed by atoms with Gasteiger partial charge in [-0.25, -0.2) is 0 Å². The van der Waals surface area contributed by atoms with E-state index in [1.807, 2.05) is 0 Å². The third kappa shape index (κ3) is 2.12. The van der Waals surface area contributed by atoms with Crippen molar-refractivity contribution in [1.29, 1.82) is 0 Å². The SMILES string of the molecule is OC(Cc1nc(C2CC2)no1)C1CCCC1. The molecule has 1 aromatic heterocycles. The zero-order chi connectivity index (χ0) is 11.0. The summed E-state index contributed by atoms with van der Waals surface area (Å²) < 4.78 is 5.18. The van der Waals surface area contributed by atoms with Gasteiger partial charge in [0.2, 0.25) is 5.89 Å². The van der Waals surface area contributed by atoms with Crippen molar-refractivity contribution in [3.63, 3.8) is 0 Å². The van der Waals surface area contributed by atoms with Crippen molar-refractivity contribution in [2.45, 2.75) is 57.0 Å². The number of nitrogens with zero attached hydrogens (tertiary/aromatic N) is 2. The highest BCUT2D eigenvalue weighted by Gasteiger charge is 2.30. The van der Waals surface area contributed by atoms with Crippen LogP contribution in [-0.2, 0) is 6.42 Å². The first-order valence-corrected chi connectivity index (χ1v) is 6.33. The quantitative estimate of drug-likeness (QED) is 0.847. The molecule has 3 rings (SSSR count). The molecule has 2 fully saturated rings. The lowest BCUT2D eigenvalue weighted by Crippen LogP contribution is -2.20. The van der Waals surface area contributed by atoms with E-state index < -0.39 is 0 Å². The minimum atomic E-state index is -0.296. The Bertz CT molecular complexity index is 354. The van der Waals surface area contributed by atoms with Gasteiger partial charge in [0.1, 0.15) is 0 Å². The molecule has 1 heterocycles. The second-order valence-corrected chi connectivity index (χ2v) is 5.14. The Labute approximate surface area is 95.0 Å². The highest BCUT2D eigenvalue weighted by molar-refractivity contribution is 5.03. The van der Waals surface area contributed by atoms with Crippen LogP contribution < -0.4 is 0 Å². The molecule has 0 saturated heterocycles.